The molecule has 0 unspecified atom stereocenters. The maximum absolute atomic E-state index is 11.5. The lowest BCUT2D eigenvalue weighted by atomic mass is 10.4. The van der Waals surface area contributed by atoms with Gasteiger partial charge in [-0.25, -0.2) is 9.78 Å². The van der Waals surface area contributed by atoms with E-state index in [9.17, 15) is 9.59 Å². The molecule has 0 atom stereocenters. The van der Waals surface area contributed by atoms with Crippen LogP contribution in [0.25, 0.3) is 5.65 Å². The highest BCUT2D eigenvalue weighted by molar-refractivity contribution is 5.86. The fraction of sp³-hybridized carbons (Fsp3) is 0.308. The summed E-state index contributed by atoms with van der Waals surface area (Å²) in [5, 5.41) is 11.6. The van der Waals surface area contributed by atoms with Gasteiger partial charge in [0.05, 0.1) is 0 Å². The van der Waals surface area contributed by atoms with Crippen LogP contribution in [-0.2, 0) is 4.79 Å². The van der Waals surface area contributed by atoms with Crippen molar-refractivity contribution in [1.82, 2.24) is 14.7 Å². The van der Waals surface area contributed by atoms with Crippen LogP contribution in [0, 0.1) is 0 Å². The molecule has 0 aromatic carbocycles. The van der Waals surface area contributed by atoms with Gasteiger partial charge < -0.3 is 19.6 Å². The monoisotopic (exact) mass is 277 g/mol. The van der Waals surface area contributed by atoms with Crippen LogP contribution >= 0.6 is 0 Å². The molecule has 2 rings (SSSR count). The van der Waals surface area contributed by atoms with Crippen LogP contribution in [0.4, 0.5) is 0 Å². The first-order valence-electron chi connectivity index (χ1n) is 6.22. The van der Waals surface area contributed by atoms with Crippen molar-refractivity contribution < 1.29 is 19.4 Å². The predicted octanol–water partition coefficient (Wildman–Crippen LogP) is 0.938. The number of imidazole rings is 1. The molecule has 0 saturated heterocycles. The van der Waals surface area contributed by atoms with Gasteiger partial charge in [-0.2, -0.15) is 0 Å². The van der Waals surface area contributed by atoms with Gasteiger partial charge in [0.25, 0.3) is 5.91 Å². The zero-order chi connectivity index (χ0) is 14.5. The number of fused-ring (bicyclic) bond motifs is 1. The lowest BCUT2D eigenvalue weighted by molar-refractivity contribution is -0.123. The Kier molecular flexibility index (Phi) is 4.19. The third kappa shape index (κ3) is 3.05. The van der Waals surface area contributed by atoms with Crippen molar-refractivity contribution in [1.29, 1.82) is 0 Å². The Bertz CT molecular complexity index is 636. The van der Waals surface area contributed by atoms with E-state index in [2.05, 4.69) is 10.3 Å². The molecule has 20 heavy (non-hydrogen) atoms. The maximum Gasteiger partial charge on any atom is 0.356 e. The molecule has 0 aliphatic rings. The van der Waals surface area contributed by atoms with E-state index in [0.29, 0.717) is 17.9 Å². The number of carboxylic acids is 1. The Morgan fingerprint density at radius 1 is 1.50 bits per heavy atom. The van der Waals surface area contributed by atoms with Crippen molar-refractivity contribution in [2.24, 2.45) is 0 Å². The van der Waals surface area contributed by atoms with E-state index in [1.165, 1.54) is 6.20 Å². The summed E-state index contributed by atoms with van der Waals surface area (Å²) in [5.41, 5.74) is 0.296. The summed E-state index contributed by atoms with van der Waals surface area (Å²) in [5.74, 6) is -0.967. The van der Waals surface area contributed by atoms with E-state index in [4.69, 9.17) is 9.84 Å². The Hall–Kier alpha value is -2.57. The van der Waals surface area contributed by atoms with Crippen LogP contribution in [0.15, 0.2) is 24.5 Å². The fourth-order valence-electron chi connectivity index (χ4n) is 1.66. The number of rotatable bonds is 6. The van der Waals surface area contributed by atoms with Crippen LogP contribution in [0.5, 0.6) is 5.75 Å². The molecule has 2 aromatic heterocycles. The lowest BCUT2D eigenvalue weighted by Gasteiger charge is -2.07. The van der Waals surface area contributed by atoms with E-state index in [1.54, 1.807) is 22.7 Å². The van der Waals surface area contributed by atoms with Crippen molar-refractivity contribution in [3.63, 3.8) is 0 Å². The second-order valence-electron chi connectivity index (χ2n) is 4.17. The summed E-state index contributed by atoms with van der Waals surface area (Å²) in [4.78, 5) is 26.3. The first kappa shape index (κ1) is 13.9. The molecule has 0 fully saturated rings. The molecule has 7 nitrogen and oxygen atoms in total. The minimum absolute atomic E-state index is 0.0727. The molecular weight excluding hydrogens is 262 g/mol. The van der Waals surface area contributed by atoms with Crippen molar-refractivity contribution in [2.45, 2.75) is 13.3 Å². The van der Waals surface area contributed by atoms with E-state index >= 15 is 0 Å². The lowest BCUT2D eigenvalue weighted by Crippen LogP contribution is -2.29. The topological polar surface area (TPSA) is 92.9 Å². The van der Waals surface area contributed by atoms with E-state index in [0.717, 1.165) is 6.42 Å². The van der Waals surface area contributed by atoms with Crippen LogP contribution in [0.3, 0.4) is 0 Å². The molecule has 0 aliphatic heterocycles. The highest BCUT2D eigenvalue weighted by Crippen LogP contribution is 2.18. The summed E-state index contributed by atoms with van der Waals surface area (Å²) in [7, 11) is 0. The number of aromatic nitrogens is 2. The van der Waals surface area contributed by atoms with Gasteiger partial charge in [-0.15, -0.1) is 0 Å². The normalized spacial score (nSPS) is 10.4. The summed E-state index contributed by atoms with van der Waals surface area (Å²) < 4.78 is 6.93. The average Bonchev–Trinajstić information content (AvgIpc) is 2.87. The fourth-order valence-corrected chi connectivity index (χ4v) is 1.66. The quantitative estimate of drug-likeness (QED) is 0.819. The second-order valence-corrected chi connectivity index (χ2v) is 4.17. The smallest absolute Gasteiger partial charge is 0.356 e. The van der Waals surface area contributed by atoms with E-state index in [1.807, 2.05) is 6.92 Å². The van der Waals surface area contributed by atoms with Gasteiger partial charge in [0.15, 0.2) is 23.7 Å². The number of amides is 1. The van der Waals surface area contributed by atoms with Gasteiger partial charge in [-0.1, -0.05) is 6.92 Å². The number of carbonyl (C=O) groups is 2. The number of nitrogens with zero attached hydrogens (tertiary/aromatic N) is 2. The summed E-state index contributed by atoms with van der Waals surface area (Å²) >= 11 is 0. The minimum atomic E-state index is -1.11. The number of carbonyl (C=O) groups excluding carboxylic acids is 1. The maximum atomic E-state index is 11.5. The first-order chi connectivity index (χ1) is 9.61. The number of nitrogens with one attached hydrogen (secondary N) is 1. The van der Waals surface area contributed by atoms with Gasteiger partial charge in [0.1, 0.15) is 0 Å². The average molecular weight is 277 g/mol. The molecular formula is C13H15N3O4. The minimum Gasteiger partial charge on any atom is -0.480 e. The number of hydrogen-bond acceptors (Lipinski definition) is 4. The van der Waals surface area contributed by atoms with Gasteiger partial charge >= 0.3 is 5.97 Å². The summed E-state index contributed by atoms with van der Waals surface area (Å²) in [6, 6.07) is 3.33. The van der Waals surface area contributed by atoms with Gasteiger partial charge in [-0.3, -0.25) is 4.79 Å². The number of carboxylic acid groups (broad SMARTS) is 1. The molecule has 0 aliphatic carbocycles. The Balaban J connectivity index is 2.13. The van der Waals surface area contributed by atoms with E-state index < -0.39 is 5.97 Å². The molecule has 2 heterocycles. The molecule has 2 N–H and O–H groups in total. The Morgan fingerprint density at radius 3 is 3.00 bits per heavy atom. The SMILES string of the molecule is CCCNC(=O)COc1cccn2cc(C(=O)O)nc12. The van der Waals surface area contributed by atoms with Crippen LogP contribution < -0.4 is 10.1 Å². The molecule has 0 saturated carbocycles. The molecule has 1 amide bonds. The highest BCUT2D eigenvalue weighted by atomic mass is 16.5. The van der Waals surface area contributed by atoms with Gasteiger partial charge in [0.2, 0.25) is 0 Å². The number of ether oxygens (including phenoxy) is 1. The van der Waals surface area contributed by atoms with Gasteiger partial charge in [-0.05, 0) is 18.6 Å². The molecule has 0 spiro atoms. The number of hydrogen-bond donors (Lipinski definition) is 2. The second kappa shape index (κ2) is 6.05. The van der Waals surface area contributed by atoms with Crippen LogP contribution in [0.1, 0.15) is 23.8 Å². The zero-order valence-electron chi connectivity index (χ0n) is 11.0. The van der Waals surface area contributed by atoms with Crippen molar-refractivity contribution >= 4 is 17.5 Å². The third-order valence-electron chi connectivity index (χ3n) is 2.60. The Labute approximate surface area is 115 Å². The van der Waals surface area contributed by atoms with Crippen LogP contribution in [0.2, 0.25) is 0 Å². The number of pyridine rings is 1. The molecule has 7 heteroatoms. The number of aromatic carboxylic acids is 1. The summed E-state index contributed by atoms with van der Waals surface area (Å²) in [6.07, 6.45) is 3.91. The Morgan fingerprint density at radius 2 is 2.30 bits per heavy atom. The largest absolute Gasteiger partial charge is 0.480 e. The molecule has 2 aromatic rings. The zero-order valence-corrected chi connectivity index (χ0v) is 11.0. The van der Waals surface area contributed by atoms with Crippen molar-refractivity contribution in [3.8, 4) is 5.75 Å². The standard InChI is InChI=1S/C13H15N3O4/c1-2-5-14-11(17)8-20-10-4-3-6-16-7-9(13(18)19)15-12(10)16/h3-4,6-7H,2,5,8H2,1H3,(H,14,17)(H,18,19). The van der Waals surface area contributed by atoms with Crippen molar-refractivity contribution in [3.05, 3.63) is 30.2 Å². The molecule has 0 bridgehead atoms. The van der Waals surface area contributed by atoms with Gasteiger partial charge in [0, 0.05) is 18.9 Å². The third-order valence-corrected chi connectivity index (χ3v) is 2.60. The van der Waals surface area contributed by atoms with Crippen LogP contribution in [-0.4, -0.2) is 39.5 Å². The molecule has 0 radical (unpaired) electrons. The first-order valence-corrected chi connectivity index (χ1v) is 6.22. The predicted molar refractivity (Wildman–Crippen MR) is 70.9 cm³/mol. The van der Waals surface area contributed by atoms with Crippen molar-refractivity contribution in [2.75, 3.05) is 13.2 Å². The molecule has 106 valence electrons. The highest BCUT2D eigenvalue weighted by Gasteiger charge is 2.12. The summed E-state index contributed by atoms with van der Waals surface area (Å²) in [6.45, 7) is 2.42. The van der Waals surface area contributed by atoms with E-state index in [-0.39, 0.29) is 18.2 Å².